The Labute approximate surface area is 92.3 Å². The molecule has 1 atom stereocenters. The van der Waals surface area contributed by atoms with Crippen molar-refractivity contribution < 1.29 is 9.90 Å². The number of carboxylic acid groups (broad SMARTS) is 1. The summed E-state index contributed by atoms with van der Waals surface area (Å²) in [6, 6.07) is -0.0281. The van der Waals surface area contributed by atoms with E-state index in [1.54, 1.807) is 0 Å². The van der Waals surface area contributed by atoms with E-state index < -0.39 is 12.0 Å². The molecule has 0 heterocycles. The van der Waals surface area contributed by atoms with Crippen molar-refractivity contribution in [3.8, 4) is 0 Å². The molecule has 15 heavy (non-hydrogen) atoms. The van der Waals surface area contributed by atoms with Crippen LogP contribution in [0.2, 0.25) is 0 Å². The Balaban J connectivity index is 2.54. The fourth-order valence-corrected chi connectivity index (χ4v) is 2.20. The van der Waals surface area contributed by atoms with Crippen LogP contribution in [0.3, 0.4) is 0 Å². The SMILES string of the molecule is CC(C)(C)C(NC1CCCCC1)C(=O)O. The van der Waals surface area contributed by atoms with Gasteiger partial charge in [-0.15, -0.1) is 0 Å². The largest absolute Gasteiger partial charge is 0.480 e. The van der Waals surface area contributed by atoms with Crippen molar-refractivity contribution in [2.24, 2.45) is 5.41 Å². The van der Waals surface area contributed by atoms with Gasteiger partial charge in [0.2, 0.25) is 0 Å². The van der Waals surface area contributed by atoms with Crippen molar-refractivity contribution in [2.45, 2.75) is 65.0 Å². The maximum absolute atomic E-state index is 11.2. The van der Waals surface area contributed by atoms with Gasteiger partial charge in [-0.05, 0) is 18.3 Å². The maximum Gasteiger partial charge on any atom is 0.321 e. The van der Waals surface area contributed by atoms with E-state index in [1.807, 2.05) is 20.8 Å². The number of hydrogen-bond acceptors (Lipinski definition) is 2. The van der Waals surface area contributed by atoms with Gasteiger partial charge in [0, 0.05) is 6.04 Å². The van der Waals surface area contributed by atoms with E-state index >= 15 is 0 Å². The molecule has 0 saturated heterocycles. The number of nitrogens with one attached hydrogen (secondary N) is 1. The molecule has 0 aromatic heterocycles. The Hall–Kier alpha value is -0.570. The van der Waals surface area contributed by atoms with Gasteiger partial charge in [0.25, 0.3) is 0 Å². The van der Waals surface area contributed by atoms with E-state index in [4.69, 9.17) is 0 Å². The molecule has 0 radical (unpaired) electrons. The molecule has 88 valence electrons. The number of aliphatic carboxylic acids is 1. The molecule has 0 spiro atoms. The van der Waals surface area contributed by atoms with Gasteiger partial charge in [0.1, 0.15) is 6.04 Å². The summed E-state index contributed by atoms with van der Waals surface area (Å²) >= 11 is 0. The second-order valence-electron chi connectivity index (χ2n) is 5.64. The second kappa shape index (κ2) is 4.97. The third kappa shape index (κ3) is 3.82. The molecular formula is C12H23NO2. The minimum Gasteiger partial charge on any atom is -0.480 e. The van der Waals surface area contributed by atoms with Crippen LogP contribution in [0.4, 0.5) is 0 Å². The Morgan fingerprint density at radius 1 is 1.27 bits per heavy atom. The molecule has 0 aliphatic heterocycles. The van der Waals surface area contributed by atoms with Crippen LogP contribution in [0.15, 0.2) is 0 Å². The monoisotopic (exact) mass is 213 g/mol. The zero-order chi connectivity index (χ0) is 11.5. The van der Waals surface area contributed by atoms with Gasteiger partial charge in [0.05, 0.1) is 0 Å². The van der Waals surface area contributed by atoms with Gasteiger partial charge < -0.3 is 10.4 Å². The van der Waals surface area contributed by atoms with Crippen LogP contribution in [-0.4, -0.2) is 23.2 Å². The first kappa shape index (κ1) is 12.5. The molecular weight excluding hydrogens is 190 g/mol. The first-order valence-corrected chi connectivity index (χ1v) is 5.90. The van der Waals surface area contributed by atoms with Crippen molar-refractivity contribution in [1.82, 2.24) is 5.32 Å². The molecule has 0 bridgehead atoms. The summed E-state index contributed by atoms with van der Waals surface area (Å²) in [5.41, 5.74) is -0.219. The number of hydrogen-bond donors (Lipinski definition) is 2. The third-order valence-corrected chi connectivity index (χ3v) is 3.12. The Morgan fingerprint density at radius 3 is 2.20 bits per heavy atom. The maximum atomic E-state index is 11.2. The van der Waals surface area contributed by atoms with E-state index in [1.165, 1.54) is 19.3 Å². The van der Waals surface area contributed by atoms with Crippen molar-refractivity contribution in [3.63, 3.8) is 0 Å². The molecule has 1 rings (SSSR count). The van der Waals surface area contributed by atoms with Crippen LogP contribution < -0.4 is 5.32 Å². The molecule has 1 unspecified atom stereocenters. The lowest BCUT2D eigenvalue weighted by Gasteiger charge is -2.33. The molecule has 3 heteroatoms. The van der Waals surface area contributed by atoms with Gasteiger partial charge in [-0.25, -0.2) is 0 Å². The van der Waals surface area contributed by atoms with Crippen LogP contribution in [0, 0.1) is 5.41 Å². The average Bonchev–Trinajstić information content (AvgIpc) is 2.13. The quantitative estimate of drug-likeness (QED) is 0.757. The summed E-state index contributed by atoms with van der Waals surface area (Å²) in [6.07, 6.45) is 6.01. The minimum absolute atomic E-state index is 0.219. The fraction of sp³-hybridized carbons (Fsp3) is 0.917. The first-order valence-electron chi connectivity index (χ1n) is 5.90. The van der Waals surface area contributed by atoms with Crippen molar-refractivity contribution in [1.29, 1.82) is 0 Å². The number of rotatable bonds is 3. The summed E-state index contributed by atoms with van der Waals surface area (Å²) in [6.45, 7) is 5.92. The molecule has 1 aliphatic carbocycles. The summed E-state index contributed by atoms with van der Waals surface area (Å²) in [5.74, 6) is -0.729. The van der Waals surface area contributed by atoms with E-state index in [2.05, 4.69) is 5.32 Å². The minimum atomic E-state index is -0.729. The second-order valence-corrected chi connectivity index (χ2v) is 5.64. The molecule has 1 fully saturated rings. The van der Waals surface area contributed by atoms with E-state index in [-0.39, 0.29) is 5.41 Å². The highest BCUT2D eigenvalue weighted by molar-refractivity contribution is 5.74. The molecule has 2 N–H and O–H groups in total. The van der Waals surface area contributed by atoms with Crippen LogP contribution in [-0.2, 0) is 4.79 Å². The third-order valence-electron chi connectivity index (χ3n) is 3.12. The zero-order valence-electron chi connectivity index (χ0n) is 10.0. The summed E-state index contributed by atoms with van der Waals surface area (Å²) < 4.78 is 0. The van der Waals surface area contributed by atoms with E-state index in [0.717, 1.165) is 12.8 Å². The van der Waals surface area contributed by atoms with Gasteiger partial charge in [-0.3, -0.25) is 4.79 Å². The van der Waals surface area contributed by atoms with E-state index in [9.17, 15) is 9.90 Å². The van der Waals surface area contributed by atoms with Crippen LogP contribution in [0.25, 0.3) is 0 Å². The van der Waals surface area contributed by atoms with Crippen molar-refractivity contribution >= 4 is 5.97 Å². The molecule has 0 aromatic rings. The predicted molar refractivity (Wildman–Crippen MR) is 60.9 cm³/mol. The van der Waals surface area contributed by atoms with E-state index in [0.29, 0.717) is 6.04 Å². The highest BCUT2D eigenvalue weighted by atomic mass is 16.4. The average molecular weight is 213 g/mol. The fourth-order valence-electron chi connectivity index (χ4n) is 2.20. The summed E-state index contributed by atoms with van der Waals surface area (Å²) in [5, 5.41) is 12.5. The van der Waals surface area contributed by atoms with Gasteiger partial charge in [0.15, 0.2) is 0 Å². The number of carboxylic acids is 1. The summed E-state index contributed by atoms with van der Waals surface area (Å²) in [4.78, 5) is 11.2. The lowest BCUT2D eigenvalue weighted by Crippen LogP contribution is -2.51. The van der Waals surface area contributed by atoms with Crippen LogP contribution in [0.1, 0.15) is 52.9 Å². The Bertz CT molecular complexity index is 214. The highest BCUT2D eigenvalue weighted by Crippen LogP contribution is 2.23. The molecule has 3 nitrogen and oxygen atoms in total. The lowest BCUT2D eigenvalue weighted by molar-refractivity contribution is -0.142. The molecule has 1 aliphatic rings. The van der Waals surface area contributed by atoms with Gasteiger partial charge in [-0.1, -0.05) is 40.0 Å². The van der Waals surface area contributed by atoms with Gasteiger partial charge in [-0.2, -0.15) is 0 Å². The highest BCUT2D eigenvalue weighted by Gasteiger charge is 2.33. The predicted octanol–water partition coefficient (Wildman–Crippen LogP) is 2.41. The normalized spacial score (nSPS) is 21.3. The topological polar surface area (TPSA) is 49.3 Å². The van der Waals surface area contributed by atoms with Crippen molar-refractivity contribution in [2.75, 3.05) is 0 Å². The molecule has 0 aromatic carbocycles. The van der Waals surface area contributed by atoms with Crippen LogP contribution >= 0.6 is 0 Å². The number of carbonyl (C=O) groups is 1. The smallest absolute Gasteiger partial charge is 0.321 e. The Morgan fingerprint density at radius 2 is 1.80 bits per heavy atom. The summed E-state index contributed by atoms with van der Waals surface area (Å²) in [7, 11) is 0. The lowest BCUT2D eigenvalue weighted by atomic mass is 9.85. The molecule has 1 saturated carbocycles. The Kier molecular flexibility index (Phi) is 4.14. The standard InChI is InChI=1S/C12H23NO2/c1-12(2,3)10(11(14)15)13-9-7-5-4-6-8-9/h9-10,13H,4-8H2,1-3H3,(H,14,15). The van der Waals surface area contributed by atoms with Crippen molar-refractivity contribution in [3.05, 3.63) is 0 Å². The molecule has 0 amide bonds. The van der Waals surface area contributed by atoms with Crippen LogP contribution in [0.5, 0.6) is 0 Å². The zero-order valence-corrected chi connectivity index (χ0v) is 10.0. The first-order chi connectivity index (χ1) is 6.91. The van der Waals surface area contributed by atoms with Gasteiger partial charge >= 0.3 is 5.97 Å².